The van der Waals surface area contributed by atoms with E-state index in [1.807, 2.05) is 44.2 Å². The Balaban J connectivity index is 1.56. The fourth-order valence-corrected chi connectivity index (χ4v) is 9.16. The minimum absolute atomic E-state index is 0.0510. The van der Waals surface area contributed by atoms with Gasteiger partial charge in [-0.2, -0.15) is 0 Å². The Morgan fingerprint density at radius 1 is 1.23 bits per heavy atom. The summed E-state index contributed by atoms with van der Waals surface area (Å²) >= 11 is 1.48. The summed E-state index contributed by atoms with van der Waals surface area (Å²) in [6, 6.07) is 9.83. The van der Waals surface area contributed by atoms with E-state index in [-0.39, 0.29) is 23.2 Å². The number of sulfonamides is 1. The standard InChI is InChI=1S/C23H34N2O4S2/c1-5-25(6-2)31(27,28)16-22-13-12-17(21(22,3)4)14-19(22)29-20(26)23(15-24-23)30-18-10-8-7-9-11-18/h7-11,17,19,24H,5-6,12-16H2,1-4H3/t17-,19-,22-,23+/m1/s1. The van der Waals surface area contributed by atoms with Crippen LogP contribution in [0.25, 0.3) is 0 Å². The van der Waals surface area contributed by atoms with E-state index in [4.69, 9.17) is 4.74 Å². The summed E-state index contributed by atoms with van der Waals surface area (Å²) in [4.78, 5) is 13.5. The van der Waals surface area contributed by atoms with Gasteiger partial charge in [0.25, 0.3) is 0 Å². The third-order valence-electron chi connectivity index (χ3n) is 8.01. The van der Waals surface area contributed by atoms with Crippen LogP contribution < -0.4 is 5.32 Å². The zero-order valence-corrected chi connectivity index (χ0v) is 20.5. The second kappa shape index (κ2) is 8.04. The van der Waals surface area contributed by atoms with Gasteiger partial charge in [0.2, 0.25) is 10.0 Å². The Hall–Kier alpha value is -1.09. The smallest absolute Gasteiger partial charge is 0.338 e. The lowest BCUT2D eigenvalue weighted by Gasteiger charge is -2.42. The zero-order chi connectivity index (χ0) is 22.5. The van der Waals surface area contributed by atoms with Crippen molar-refractivity contribution in [1.82, 2.24) is 9.62 Å². The van der Waals surface area contributed by atoms with Crippen molar-refractivity contribution in [2.75, 3.05) is 25.4 Å². The molecule has 1 aromatic rings. The highest BCUT2D eigenvalue weighted by molar-refractivity contribution is 8.01. The first-order valence-electron chi connectivity index (χ1n) is 11.3. The Morgan fingerprint density at radius 3 is 2.42 bits per heavy atom. The predicted octanol–water partition coefficient (Wildman–Crippen LogP) is 3.49. The fraction of sp³-hybridized carbons (Fsp3) is 0.696. The second-order valence-corrected chi connectivity index (χ2v) is 13.0. The SMILES string of the molecule is CCN(CC)S(=O)(=O)C[C@]12CC[C@H](C[C@H]1OC(=O)[C@@]1(Sc3ccccc3)CN1)C2(C)C. The van der Waals surface area contributed by atoms with Gasteiger partial charge in [-0.15, -0.1) is 0 Å². The first-order chi connectivity index (χ1) is 14.6. The van der Waals surface area contributed by atoms with Gasteiger partial charge in [0.05, 0.1) is 5.75 Å². The molecule has 2 bridgehead atoms. The maximum Gasteiger partial charge on any atom is 0.338 e. The average molecular weight is 467 g/mol. The molecule has 1 aromatic carbocycles. The highest BCUT2D eigenvalue weighted by Crippen LogP contribution is 2.67. The van der Waals surface area contributed by atoms with Gasteiger partial charge in [-0.3, -0.25) is 5.32 Å². The van der Waals surface area contributed by atoms with Crippen molar-refractivity contribution in [3.63, 3.8) is 0 Å². The molecule has 3 aliphatic rings. The summed E-state index contributed by atoms with van der Waals surface area (Å²) in [5.41, 5.74) is -0.725. The molecule has 0 radical (unpaired) electrons. The molecule has 0 aromatic heterocycles. The van der Waals surface area contributed by atoms with Crippen LogP contribution in [0.3, 0.4) is 0 Å². The van der Waals surface area contributed by atoms with Gasteiger partial charge in [-0.25, -0.2) is 17.5 Å². The third kappa shape index (κ3) is 3.83. The molecule has 3 fully saturated rings. The first kappa shape index (κ1) is 23.1. The molecule has 1 heterocycles. The van der Waals surface area contributed by atoms with Crippen molar-refractivity contribution in [2.24, 2.45) is 16.7 Å². The number of rotatable bonds is 9. The number of nitrogens with zero attached hydrogens (tertiary/aromatic N) is 1. The van der Waals surface area contributed by atoms with E-state index in [1.165, 1.54) is 16.1 Å². The molecule has 0 amide bonds. The fourth-order valence-electron chi connectivity index (χ4n) is 5.79. The topological polar surface area (TPSA) is 85.6 Å². The quantitative estimate of drug-likeness (QED) is 0.443. The number of hydrogen-bond donors (Lipinski definition) is 1. The molecule has 172 valence electrons. The first-order valence-corrected chi connectivity index (χ1v) is 13.7. The zero-order valence-electron chi connectivity index (χ0n) is 18.9. The maximum atomic E-state index is 13.3. The summed E-state index contributed by atoms with van der Waals surface area (Å²) in [7, 11) is -3.44. The van der Waals surface area contributed by atoms with E-state index >= 15 is 0 Å². The highest BCUT2D eigenvalue weighted by Gasteiger charge is 2.68. The van der Waals surface area contributed by atoms with Crippen molar-refractivity contribution in [3.8, 4) is 0 Å². The molecule has 8 heteroatoms. The van der Waals surface area contributed by atoms with E-state index < -0.39 is 20.3 Å². The number of thioether (sulfide) groups is 1. The molecular formula is C23H34N2O4S2. The van der Waals surface area contributed by atoms with Crippen LogP contribution in [0.4, 0.5) is 0 Å². The average Bonchev–Trinajstić information content (AvgIpc) is 3.42. The van der Waals surface area contributed by atoms with E-state index in [0.717, 1.165) is 24.2 Å². The summed E-state index contributed by atoms with van der Waals surface area (Å²) < 4.78 is 34.3. The number of carbonyl (C=O) groups excluding carboxylic acids is 1. The number of carbonyl (C=O) groups is 1. The minimum atomic E-state index is -3.44. The van der Waals surface area contributed by atoms with Crippen LogP contribution in [0.5, 0.6) is 0 Å². The predicted molar refractivity (Wildman–Crippen MR) is 123 cm³/mol. The van der Waals surface area contributed by atoms with Crippen LogP contribution in [0, 0.1) is 16.7 Å². The molecule has 2 aliphatic carbocycles. The van der Waals surface area contributed by atoms with Gasteiger partial charge < -0.3 is 4.74 Å². The third-order valence-corrected chi connectivity index (χ3v) is 11.5. The monoisotopic (exact) mass is 466 g/mol. The Morgan fingerprint density at radius 2 is 1.87 bits per heavy atom. The molecule has 1 N–H and O–H groups in total. The van der Waals surface area contributed by atoms with Gasteiger partial charge >= 0.3 is 5.97 Å². The van der Waals surface area contributed by atoms with Crippen LogP contribution in [0.1, 0.15) is 47.0 Å². The van der Waals surface area contributed by atoms with Gasteiger partial charge in [0.15, 0.2) is 4.87 Å². The lowest BCUT2D eigenvalue weighted by Crippen LogP contribution is -2.50. The lowest BCUT2D eigenvalue weighted by molar-refractivity contribution is -0.157. The normalized spacial score (nSPS) is 33.6. The maximum absolute atomic E-state index is 13.3. The highest BCUT2D eigenvalue weighted by atomic mass is 32.2. The molecule has 4 rings (SSSR count). The summed E-state index contributed by atoms with van der Waals surface area (Å²) in [6.07, 6.45) is 2.17. The summed E-state index contributed by atoms with van der Waals surface area (Å²) in [5.74, 6) is 0.159. The molecular weight excluding hydrogens is 432 g/mol. The van der Waals surface area contributed by atoms with Crippen LogP contribution in [0.15, 0.2) is 35.2 Å². The molecule has 0 unspecified atom stereocenters. The molecule has 31 heavy (non-hydrogen) atoms. The van der Waals surface area contributed by atoms with E-state index in [1.54, 1.807) is 0 Å². The van der Waals surface area contributed by atoms with E-state index in [2.05, 4.69) is 19.2 Å². The van der Waals surface area contributed by atoms with E-state index in [0.29, 0.717) is 25.6 Å². The summed E-state index contributed by atoms with van der Waals surface area (Å²) in [6.45, 7) is 9.57. The largest absolute Gasteiger partial charge is 0.460 e. The number of nitrogens with one attached hydrogen (secondary N) is 1. The van der Waals surface area contributed by atoms with Crippen molar-refractivity contribution >= 4 is 27.8 Å². The van der Waals surface area contributed by atoms with Gasteiger partial charge in [0, 0.05) is 29.9 Å². The van der Waals surface area contributed by atoms with Crippen molar-refractivity contribution in [2.45, 2.75) is 62.8 Å². The number of fused-ring (bicyclic) bond motifs is 2. The Kier molecular flexibility index (Phi) is 5.99. The summed E-state index contributed by atoms with van der Waals surface area (Å²) in [5, 5.41) is 3.19. The lowest BCUT2D eigenvalue weighted by atomic mass is 9.69. The van der Waals surface area contributed by atoms with Gasteiger partial charge in [-0.1, -0.05) is 57.7 Å². The number of benzene rings is 1. The van der Waals surface area contributed by atoms with Crippen LogP contribution >= 0.6 is 11.8 Å². The van der Waals surface area contributed by atoms with Crippen LogP contribution in [-0.4, -0.2) is 55.1 Å². The minimum Gasteiger partial charge on any atom is -0.460 e. The van der Waals surface area contributed by atoms with E-state index in [9.17, 15) is 13.2 Å². The second-order valence-electron chi connectivity index (χ2n) is 9.68. The molecule has 2 saturated carbocycles. The number of ether oxygens (including phenoxy) is 1. The molecule has 4 atom stereocenters. The molecule has 1 aliphatic heterocycles. The van der Waals surface area contributed by atoms with Crippen LogP contribution in [-0.2, 0) is 19.6 Å². The van der Waals surface area contributed by atoms with Crippen molar-refractivity contribution in [1.29, 1.82) is 0 Å². The van der Waals surface area contributed by atoms with Gasteiger partial charge in [0.1, 0.15) is 6.10 Å². The molecule has 1 saturated heterocycles. The van der Waals surface area contributed by atoms with Crippen molar-refractivity contribution in [3.05, 3.63) is 30.3 Å². The molecule has 6 nitrogen and oxygen atoms in total. The number of esters is 1. The van der Waals surface area contributed by atoms with Crippen LogP contribution in [0.2, 0.25) is 0 Å². The molecule has 0 spiro atoms. The number of hydrogen-bond acceptors (Lipinski definition) is 6. The Bertz CT molecular complexity index is 926. The van der Waals surface area contributed by atoms with Crippen molar-refractivity contribution < 1.29 is 17.9 Å². The Labute approximate surface area is 190 Å². The van der Waals surface area contributed by atoms with Gasteiger partial charge in [-0.05, 0) is 42.7 Å².